The Morgan fingerprint density at radius 1 is 1.23 bits per heavy atom. The molecule has 2 saturated heterocycles. The van der Waals surface area contributed by atoms with Gasteiger partial charge in [-0.3, -0.25) is 24.1 Å². The maximum Gasteiger partial charge on any atom is 0.293 e. The van der Waals surface area contributed by atoms with E-state index in [0.29, 0.717) is 24.4 Å². The maximum atomic E-state index is 12.6. The molecule has 8 heteroatoms. The van der Waals surface area contributed by atoms with E-state index in [1.54, 1.807) is 11.0 Å². The van der Waals surface area contributed by atoms with Crippen LogP contribution in [0.1, 0.15) is 37.3 Å². The minimum Gasteiger partial charge on any atom is -0.354 e. The Morgan fingerprint density at radius 2 is 1.97 bits per heavy atom. The van der Waals surface area contributed by atoms with Gasteiger partial charge < -0.3 is 10.2 Å². The number of piperidine rings is 1. The zero-order valence-corrected chi connectivity index (χ0v) is 18.2. The van der Waals surface area contributed by atoms with Crippen molar-refractivity contribution in [1.29, 1.82) is 0 Å². The van der Waals surface area contributed by atoms with Gasteiger partial charge in [0.05, 0.1) is 10.8 Å². The molecule has 3 rings (SSSR count). The first-order chi connectivity index (χ1) is 14.4. The van der Waals surface area contributed by atoms with Crippen LogP contribution in [-0.2, 0) is 14.4 Å². The van der Waals surface area contributed by atoms with Gasteiger partial charge in [-0.05, 0) is 43.2 Å². The molecule has 1 aromatic carbocycles. The summed E-state index contributed by atoms with van der Waals surface area (Å²) >= 11 is 0.915. The third-order valence-corrected chi connectivity index (χ3v) is 6.24. The fourth-order valence-electron chi connectivity index (χ4n) is 3.58. The van der Waals surface area contributed by atoms with Crippen LogP contribution in [0.5, 0.6) is 0 Å². The van der Waals surface area contributed by atoms with E-state index < -0.39 is 0 Å². The molecule has 1 N–H and O–H groups in total. The summed E-state index contributed by atoms with van der Waals surface area (Å²) in [4.78, 5) is 52.4. The lowest BCUT2D eigenvalue weighted by molar-refractivity contribution is -0.135. The Bertz CT molecular complexity index is 866. The molecule has 0 bridgehead atoms. The summed E-state index contributed by atoms with van der Waals surface area (Å²) < 4.78 is 0. The van der Waals surface area contributed by atoms with Crippen molar-refractivity contribution in [3.05, 3.63) is 40.3 Å². The molecule has 30 heavy (non-hydrogen) atoms. The predicted molar refractivity (Wildman–Crippen MR) is 116 cm³/mol. The topological polar surface area (TPSA) is 86.8 Å². The Labute approximate surface area is 180 Å². The molecule has 0 aliphatic carbocycles. The number of nitrogens with zero attached hydrogens (tertiary/aromatic N) is 2. The summed E-state index contributed by atoms with van der Waals surface area (Å²) in [6, 6.07) is 7.71. The monoisotopic (exact) mass is 429 g/mol. The molecule has 0 radical (unpaired) electrons. The first kappa shape index (κ1) is 22.1. The minimum atomic E-state index is -0.336. The third kappa shape index (κ3) is 5.30. The first-order valence-corrected chi connectivity index (χ1v) is 11.1. The van der Waals surface area contributed by atoms with Gasteiger partial charge in [0.25, 0.3) is 11.1 Å². The molecule has 2 aliphatic rings. The molecule has 2 aliphatic heterocycles. The van der Waals surface area contributed by atoms with Crippen LogP contribution in [0.15, 0.2) is 29.2 Å². The number of thioether (sulfide) groups is 1. The van der Waals surface area contributed by atoms with E-state index in [0.717, 1.165) is 35.7 Å². The van der Waals surface area contributed by atoms with Crippen molar-refractivity contribution in [3.63, 3.8) is 0 Å². The predicted octanol–water partition coefficient (Wildman–Crippen LogP) is 2.80. The molecular formula is C22H27N3O4S. The molecule has 4 amide bonds. The number of nitrogens with one attached hydrogen (secondary N) is 1. The lowest BCUT2D eigenvalue weighted by Gasteiger charge is -2.32. The molecule has 0 saturated carbocycles. The highest BCUT2D eigenvalue weighted by molar-refractivity contribution is 8.18. The second-order valence-electron chi connectivity index (χ2n) is 7.57. The number of likely N-dealkylation sites (tertiary alicyclic amines) is 1. The van der Waals surface area contributed by atoms with Gasteiger partial charge in [0.2, 0.25) is 11.8 Å². The van der Waals surface area contributed by atoms with Crippen LogP contribution in [0.25, 0.3) is 6.08 Å². The number of amides is 4. The van der Waals surface area contributed by atoms with E-state index in [1.165, 1.54) is 4.90 Å². The van der Waals surface area contributed by atoms with Crippen LogP contribution in [0.3, 0.4) is 0 Å². The summed E-state index contributed by atoms with van der Waals surface area (Å²) in [6.07, 6.45) is 3.69. The van der Waals surface area contributed by atoms with Crippen molar-refractivity contribution >= 4 is 40.8 Å². The standard InChI is InChI=1S/C22H27N3O4S/c1-3-19(26)24-11-4-5-17(14-24)20(27)23-10-12-25-21(28)18(30-22(25)29)13-16-8-6-15(2)7-9-16/h6-9,13,17H,3-5,10-12,14H2,1-2H3,(H,23,27). The minimum absolute atomic E-state index is 0.0608. The number of imide groups is 1. The Hall–Kier alpha value is -2.61. The average molecular weight is 430 g/mol. The van der Waals surface area contributed by atoms with Crippen molar-refractivity contribution in [2.75, 3.05) is 26.2 Å². The summed E-state index contributed by atoms with van der Waals surface area (Å²) in [5.74, 6) is -0.653. The van der Waals surface area contributed by atoms with Crippen LogP contribution >= 0.6 is 11.8 Å². The fourth-order valence-corrected chi connectivity index (χ4v) is 4.45. The van der Waals surface area contributed by atoms with Crippen LogP contribution in [0.4, 0.5) is 4.79 Å². The van der Waals surface area contributed by atoms with E-state index >= 15 is 0 Å². The number of carbonyl (C=O) groups is 4. The molecule has 1 unspecified atom stereocenters. The van der Waals surface area contributed by atoms with Crippen molar-refractivity contribution in [3.8, 4) is 0 Å². The molecule has 160 valence electrons. The second kappa shape index (κ2) is 9.93. The van der Waals surface area contributed by atoms with E-state index in [4.69, 9.17) is 0 Å². The third-order valence-electron chi connectivity index (χ3n) is 5.33. The van der Waals surface area contributed by atoms with E-state index in [1.807, 2.05) is 38.1 Å². The van der Waals surface area contributed by atoms with Crippen molar-refractivity contribution < 1.29 is 19.2 Å². The maximum absolute atomic E-state index is 12.6. The van der Waals surface area contributed by atoms with Gasteiger partial charge in [0, 0.05) is 32.6 Å². The van der Waals surface area contributed by atoms with Gasteiger partial charge in [0.1, 0.15) is 0 Å². The van der Waals surface area contributed by atoms with Crippen LogP contribution in [0, 0.1) is 12.8 Å². The number of hydrogen-bond donors (Lipinski definition) is 1. The highest BCUT2D eigenvalue weighted by atomic mass is 32.2. The smallest absolute Gasteiger partial charge is 0.293 e. The van der Waals surface area contributed by atoms with Gasteiger partial charge >= 0.3 is 0 Å². The number of rotatable bonds is 6. The SMILES string of the molecule is CCC(=O)N1CCCC(C(=O)NCCN2C(=O)SC(=Cc3ccc(C)cc3)C2=O)C1. The molecule has 7 nitrogen and oxygen atoms in total. The molecule has 0 spiro atoms. The fraction of sp³-hybridized carbons (Fsp3) is 0.455. The molecule has 2 fully saturated rings. The average Bonchev–Trinajstić information content (AvgIpc) is 3.02. The summed E-state index contributed by atoms with van der Waals surface area (Å²) in [5, 5.41) is 2.49. The number of hydrogen-bond acceptors (Lipinski definition) is 5. The second-order valence-corrected chi connectivity index (χ2v) is 8.56. The molecular weight excluding hydrogens is 402 g/mol. The largest absolute Gasteiger partial charge is 0.354 e. The number of carbonyl (C=O) groups excluding carboxylic acids is 4. The number of benzene rings is 1. The highest BCUT2D eigenvalue weighted by Crippen LogP contribution is 2.31. The zero-order valence-electron chi connectivity index (χ0n) is 17.3. The van der Waals surface area contributed by atoms with E-state index in [-0.39, 0.29) is 42.0 Å². The number of aryl methyl sites for hydroxylation is 1. The summed E-state index contributed by atoms with van der Waals surface area (Å²) in [6.45, 7) is 5.26. The Morgan fingerprint density at radius 3 is 2.67 bits per heavy atom. The van der Waals surface area contributed by atoms with E-state index in [9.17, 15) is 19.2 Å². The quantitative estimate of drug-likeness (QED) is 0.703. The van der Waals surface area contributed by atoms with Gasteiger partial charge in [-0.15, -0.1) is 0 Å². The van der Waals surface area contributed by atoms with Crippen molar-refractivity contribution in [1.82, 2.24) is 15.1 Å². The molecule has 1 atom stereocenters. The van der Waals surface area contributed by atoms with Crippen LogP contribution < -0.4 is 5.32 Å². The lowest BCUT2D eigenvalue weighted by atomic mass is 9.97. The molecule has 2 heterocycles. The van der Waals surface area contributed by atoms with Gasteiger partial charge in [-0.1, -0.05) is 36.8 Å². The van der Waals surface area contributed by atoms with Crippen molar-refractivity contribution in [2.45, 2.75) is 33.1 Å². The van der Waals surface area contributed by atoms with Gasteiger partial charge in [0.15, 0.2) is 0 Å². The van der Waals surface area contributed by atoms with Gasteiger partial charge in [-0.2, -0.15) is 0 Å². The normalized spacial score (nSPS) is 20.7. The zero-order chi connectivity index (χ0) is 21.7. The van der Waals surface area contributed by atoms with Crippen molar-refractivity contribution in [2.24, 2.45) is 5.92 Å². The van der Waals surface area contributed by atoms with Crippen LogP contribution in [0.2, 0.25) is 0 Å². The molecule has 1 aromatic rings. The summed E-state index contributed by atoms with van der Waals surface area (Å²) in [7, 11) is 0. The van der Waals surface area contributed by atoms with E-state index in [2.05, 4.69) is 5.32 Å². The summed E-state index contributed by atoms with van der Waals surface area (Å²) in [5.41, 5.74) is 1.99. The molecule has 0 aromatic heterocycles. The van der Waals surface area contributed by atoms with Crippen LogP contribution in [-0.4, -0.2) is 58.9 Å². The Balaban J connectivity index is 1.51. The highest BCUT2D eigenvalue weighted by Gasteiger charge is 2.35. The first-order valence-electron chi connectivity index (χ1n) is 10.3. The lowest BCUT2D eigenvalue weighted by Crippen LogP contribution is -2.46. The van der Waals surface area contributed by atoms with Gasteiger partial charge in [-0.25, -0.2) is 0 Å². The Kier molecular flexibility index (Phi) is 7.31.